The predicted molar refractivity (Wildman–Crippen MR) is 117 cm³/mol. The lowest BCUT2D eigenvalue weighted by molar-refractivity contribution is 0.0922. The van der Waals surface area contributed by atoms with Gasteiger partial charge in [0.1, 0.15) is 0 Å². The third-order valence-electron chi connectivity index (χ3n) is 6.25. The van der Waals surface area contributed by atoms with Gasteiger partial charge in [-0.05, 0) is 102 Å². The second-order valence-electron chi connectivity index (χ2n) is 8.04. The first-order valence-electron chi connectivity index (χ1n) is 11.5. The van der Waals surface area contributed by atoms with Crippen molar-refractivity contribution in [3.8, 4) is 0 Å². The summed E-state index contributed by atoms with van der Waals surface area (Å²) in [5, 5.41) is 3.51. The monoisotopic (exact) mass is 365 g/mol. The number of hydrogen-bond donors (Lipinski definition) is 1. The van der Waals surface area contributed by atoms with E-state index in [0.717, 1.165) is 17.8 Å². The van der Waals surface area contributed by atoms with Gasteiger partial charge in [0.15, 0.2) is 0 Å². The molecule has 0 aromatic heterocycles. The highest BCUT2D eigenvalue weighted by Crippen LogP contribution is 2.31. The van der Waals surface area contributed by atoms with Crippen LogP contribution in [0.15, 0.2) is 12.7 Å². The maximum atomic E-state index is 3.51. The Balaban J connectivity index is 0.000000615. The summed E-state index contributed by atoms with van der Waals surface area (Å²) in [6, 6.07) is 0. The number of nitrogens with zero attached hydrogens (tertiary/aromatic N) is 2. The fourth-order valence-corrected chi connectivity index (χ4v) is 4.88. The van der Waals surface area contributed by atoms with Crippen LogP contribution in [0.5, 0.6) is 0 Å². The highest BCUT2D eigenvalue weighted by molar-refractivity contribution is 4.83. The van der Waals surface area contributed by atoms with Crippen LogP contribution in [0.2, 0.25) is 0 Å². The molecule has 1 atom stereocenters. The normalized spacial score (nSPS) is 26.2. The molecular weight excluding hydrogens is 318 g/mol. The summed E-state index contributed by atoms with van der Waals surface area (Å²) in [4.78, 5) is 5.43. The fourth-order valence-electron chi connectivity index (χ4n) is 4.88. The minimum Gasteiger partial charge on any atom is -0.317 e. The van der Waals surface area contributed by atoms with Gasteiger partial charge >= 0.3 is 0 Å². The Bertz CT molecular complexity index is 330. The van der Waals surface area contributed by atoms with Crippen molar-refractivity contribution in [1.29, 1.82) is 0 Å². The minimum atomic E-state index is 0.939. The summed E-state index contributed by atoms with van der Waals surface area (Å²) in [6.45, 7) is 22.1. The molecule has 0 spiro atoms. The van der Waals surface area contributed by atoms with Crippen LogP contribution < -0.4 is 5.32 Å². The molecule has 3 nitrogen and oxygen atoms in total. The van der Waals surface area contributed by atoms with Crippen LogP contribution in [0.4, 0.5) is 0 Å². The number of rotatable bonds is 4. The lowest BCUT2D eigenvalue weighted by Crippen LogP contribution is -2.44. The van der Waals surface area contributed by atoms with Gasteiger partial charge in [-0.25, -0.2) is 0 Å². The summed E-state index contributed by atoms with van der Waals surface area (Å²) >= 11 is 0. The molecular formula is C23H47N3. The van der Waals surface area contributed by atoms with E-state index in [2.05, 4.69) is 28.6 Å². The first kappa shape index (κ1) is 23.7. The molecule has 0 aromatic carbocycles. The van der Waals surface area contributed by atoms with Crippen LogP contribution in [0, 0.1) is 17.8 Å². The maximum Gasteiger partial charge on any atom is 0.00219 e. The Morgan fingerprint density at radius 2 is 1.50 bits per heavy atom. The molecule has 0 aliphatic carbocycles. The zero-order valence-corrected chi connectivity index (χ0v) is 18.3. The largest absolute Gasteiger partial charge is 0.317 e. The molecule has 3 aliphatic heterocycles. The Kier molecular flexibility index (Phi) is 13.3. The molecule has 1 N–H and O–H groups in total. The topological polar surface area (TPSA) is 18.5 Å². The van der Waals surface area contributed by atoms with E-state index in [4.69, 9.17) is 0 Å². The van der Waals surface area contributed by atoms with Gasteiger partial charge in [-0.15, -0.1) is 6.58 Å². The van der Waals surface area contributed by atoms with E-state index in [9.17, 15) is 0 Å². The van der Waals surface area contributed by atoms with Gasteiger partial charge in [-0.3, -0.25) is 0 Å². The molecule has 3 rings (SSSR count). The summed E-state index contributed by atoms with van der Waals surface area (Å²) in [5.74, 6) is 3.00. The van der Waals surface area contributed by atoms with E-state index in [1.165, 1.54) is 90.9 Å². The molecule has 3 aliphatic rings. The molecule has 3 heterocycles. The second-order valence-corrected chi connectivity index (χ2v) is 8.04. The third kappa shape index (κ3) is 8.54. The van der Waals surface area contributed by atoms with Gasteiger partial charge in [0.2, 0.25) is 0 Å². The quantitative estimate of drug-likeness (QED) is 0.732. The van der Waals surface area contributed by atoms with Crippen molar-refractivity contribution in [2.45, 2.75) is 66.2 Å². The summed E-state index contributed by atoms with van der Waals surface area (Å²) < 4.78 is 0. The summed E-state index contributed by atoms with van der Waals surface area (Å²) in [7, 11) is 0. The predicted octanol–water partition coefficient (Wildman–Crippen LogP) is 4.65. The van der Waals surface area contributed by atoms with E-state index < -0.39 is 0 Å². The molecule has 3 saturated heterocycles. The molecule has 0 radical (unpaired) electrons. The number of piperidine rings is 3. The van der Waals surface area contributed by atoms with Gasteiger partial charge in [0.25, 0.3) is 0 Å². The van der Waals surface area contributed by atoms with Gasteiger partial charge in [-0.2, -0.15) is 0 Å². The summed E-state index contributed by atoms with van der Waals surface area (Å²) in [6.07, 6.45) is 10.4. The second kappa shape index (κ2) is 14.6. The molecule has 0 saturated carbocycles. The highest BCUT2D eigenvalue weighted by Gasteiger charge is 2.29. The van der Waals surface area contributed by atoms with E-state index in [1.807, 2.05) is 20.8 Å². The van der Waals surface area contributed by atoms with Crippen molar-refractivity contribution >= 4 is 0 Å². The minimum absolute atomic E-state index is 0.939. The fraction of sp³-hybridized carbons (Fsp3) is 0.913. The molecule has 154 valence electrons. The Morgan fingerprint density at radius 3 is 2.08 bits per heavy atom. The van der Waals surface area contributed by atoms with Gasteiger partial charge in [0, 0.05) is 13.1 Å². The first-order chi connectivity index (χ1) is 12.8. The molecule has 26 heavy (non-hydrogen) atoms. The van der Waals surface area contributed by atoms with Gasteiger partial charge in [-0.1, -0.05) is 26.8 Å². The van der Waals surface area contributed by atoms with Crippen LogP contribution >= 0.6 is 0 Å². The lowest BCUT2D eigenvalue weighted by Gasteiger charge is -2.40. The Hall–Kier alpha value is -0.380. The molecule has 0 bridgehead atoms. The number of allylic oxidation sites excluding steroid dienone is 1. The van der Waals surface area contributed by atoms with Crippen molar-refractivity contribution in [2.24, 2.45) is 17.8 Å². The van der Waals surface area contributed by atoms with Gasteiger partial charge in [0.05, 0.1) is 0 Å². The Morgan fingerprint density at radius 1 is 0.923 bits per heavy atom. The number of likely N-dealkylation sites (tertiary alicyclic amines) is 2. The first-order valence-corrected chi connectivity index (χ1v) is 11.5. The lowest BCUT2D eigenvalue weighted by atomic mass is 9.79. The molecule has 1 unspecified atom stereocenters. The number of hydrogen-bond acceptors (Lipinski definition) is 3. The summed E-state index contributed by atoms with van der Waals surface area (Å²) in [5.41, 5.74) is 0. The van der Waals surface area contributed by atoms with E-state index in [0.29, 0.717) is 0 Å². The average molecular weight is 366 g/mol. The molecule has 0 aromatic rings. The van der Waals surface area contributed by atoms with Crippen LogP contribution in [-0.2, 0) is 0 Å². The average Bonchev–Trinajstić information content (AvgIpc) is 2.71. The van der Waals surface area contributed by atoms with Crippen molar-refractivity contribution in [2.75, 3.05) is 52.4 Å². The van der Waals surface area contributed by atoms with Crippen molar-refractivity contribution in [3.63, 3.8) is 0 Å². The molecule has 3 fully saturated rings. The zero-order valence-electron chi connectivity index (χ0n) is 18.3. The standard InChI is InChI=1S/C18H35N3.C3H6.C2H6/c1-2-20-11-3-4-16(14-20)15-21-12-7-18(8-13-21)17-5-9-19-10-6-17;1-3-2;1-2/h16-19H,2-15H2,1H3;3H,1H2,2H3;1-2H3. The maximum absolute atomic E-state index is 3.51. The third-order valence-corrected chi connectivity index (χ3v) is 6.25. The van der Waals surface area contributed by atoms with Gasteiger partial charge < -0.3 is 15.1 Å². The smallest absolute Gasteiger partial charge is 0.00219 e. The van der Waals surface area contributed by atoms with Crippen LogP contribution in [0.3, 0.4) is 0 Å². The van der Waals surface area contributed by atoms with Crippen LogP contribution in [0.25, 0.3) is 0 Å². The van der Waals surface area contributed by atoms with E-state index >= 15 is 0 Å². The Labute approximate surface area is 164 Å². The molecule has 0 amide bonds. The van der Waals surface area contributed by atoms with Crippen molar-refractivity contribution < 1.29 is 0 Å². The van der Waals surface area contributed by atoms with E-state index in [-0.39, 0.29) is 0 Å². The SMILES string of the molecule is C=CC.CC.CCN1CCCC(CN2CCC(C3CCNCC3)CC2)C1. The zero-order chi connectivity index (χ0) is 19.2. The van der Waals surface area contributed by atoms with Crippen LogP contribution in [0.1, 0.15) is 66.2 Å². The molecule has 3 heteroatoms. The van der Waals surface area contributed by atoms with Crippen molar-refractivity contribution in [1.82, 2.24) is 15.1 Å². The number of nitrogens with one attached hydrogen (secondary N) is 1. The van der Waals surface area contributed by atoms with Crippen molar-refractivity contribution in [3.05, 3.63) is 12.7 Å². The van der Waals surface area contributed by atoms with E-state index in [1.54, 1.807) is 6.08 Å². The van der Waals surface area contributed by atoms with Crippen LogP contribution in [-0.4, -0.2) is 62.2 Å². The highest BCUT2D eigenvalue weighted by atomic mass is 15.2.